The van der Waals surface area contributed by atoms with Crippen molar-refractivity contribution in [1.29, 1.82) is 0 Å². The summed E-state index contributed by atoms with van der Waals surface area (Å²) in [7, 11) is 0. The van der Waals surface area contributed by atoms with Crippen LogP contribution < -0.4 is 0 Å². The van der Waals surface area contributed by atoms with Crippen LogP contribution in [0.1, 0.15) is 11.9 Å². The van der Waals surface area contributed by atoms with Crippen molar-refractivity contribution in [2.75, 3.05) is 13.2 Å². The Bertz CT molecular complexity index is 443. The molecule has 1 unspecified atom stereocenters. The molecule has 5 atom stereocenters. The van der Waals surface area contributed by atoms with E-state index in [1.165, 1.54) is 0 Å². The fourth-order valence-corrected chi connectivity index (χ4v) is 2.21. The van der Waals surface area contributed by atoms with Gasteiger partial charge in [-0.3, -0.25) is 0 Å². The van der Waals surface area contributed by atoms with E-state index in [0.29, 0.717) is 10.6 Å². The third-order valence-electron chi connectivity index (χ3n) is 3.12. The van der Waals surface area contributed by atoms with Gasteiger partial charge in [-0.15, -0.1) is 0 Å². The quantitative estimate of drug-likeness (QED) is 0.619. The first kappa shape index (κ1) is 15.7. The van der Waals surface area contributed by atoms with Gasteiger partial charge in [0.05, 0.1) is 13.2 Å². The molecule has 0 aliphatic carbocycles. The Kier molecular flexibility index (Phi) is 5.34. The molecule has 1 aliphatic rings. The largest absolute Gasteiger partial charge is 0.394 e. The summed E-state index contributed by atoms with van der Waals surface area (Å²) in [6, 6.07) is 6.73. The van der Waals surface area contributed by atoms with Crippen molar-refractivity contribution in [1.82, 2.24) is 0 Å². The predicted octanol–water partition coefficient (Wildman–Crippen LogP) is -0.171. The number of benzene rings is 1. The van der Waals surface area contributed by atoms with Crippen molar-refractivity contribution in [3.8, 4) is 0 Å². The molecule has 0 bridgehead atoms. The van der Waals surface area contributed by atoms with Crippen LogP contribution in [0.25, 0.3) is 0 Å². The summed E-state index contributed by atoms with van der Waals surface area (Å²) >= 11 is 5.89. The maximum absolute atomic E-state index is 9.89. The minimum Gasteiger partial charge on any atom is -0.394 e. The molecule has 1 aromatic carbocycles. The molecule has 1 saturated heterocycles. The van der Waals surface area contributed by atoms with Gasteiger partial charge in [0.1, 0.15) is 24.4 Å². The van der Waals surface area contributed by atoms with E-state index in [1.54, 1.807) is 24.3 Å². The molecule has 1 aromatic rings. The normalized spacial score (nSPS) is 32.6. The Morgan fingerprint density at radius 3 is 2.75 bits per heavy atom. The van der Waals surface area contributed by atoms with E-state index < -0.39 is 37.3 Å². The van der Waals surface area contributed by atoms with Crippen molar-refractivity contribution >= 4 is 11.6 Å². The van der Waals surface area contributed by atoms with E-state index in [0.717, 1.165) is 0 Å². The molecule has 1 heterocycles. The lowest BCUT2D eigenvalue weighted by Crippen LogP contribution is -2.47. The average molecular weight is 305 g/mol. The van der Waals surface area contributed by atoms with Crippen LogP contribution in [-0.2, 0) is 9.47 Å². The maximum Gasteiger partial charge on any atom is 0.184 e. The highest BCUT2D eigenvalue weighted by Gasteiger charge is 2.38. The van der Waals surface area contributed by atoms with Gasteiger partial charge in [-0.2, -0.15) is 0 Å². The first-order valence-corrected chi connectivity index (χ1v) is 6.58. The van der Waals surface area contributed by atoms with Crippen LogP contribution in [0.2, 0.25) is 5.02 Å². The first-order valence-electron chi connectivity index (χ1n) is 6.20. The predicted molar refractivity (Wildman–Crippen MR) is 70.1 cm³/mol. The Morgan fingerprint density at radius 1 is 1.35 bits per heavy atom. The van der Waals surface area contributed by atoms with Gasteiger partial charge in [0, 0.05) is 10.6 Å². The lowest BCUT2D eigenvalue weighted by Gasteiger charge is -2.27. The molecule has 0 aromatic heterocycles. The summed E-state index contributed by atoms with van der Waals surface area (Å²) in [4.78, 5) is 0. The molecule has 0 spiro atoms. The third-order valence-corrected chi connectivity index (χ3v) is 3.35. The third kappa shape index (κ3) is 3.48. The van der Waals surface area contributed by atoms with E-state index in [1.807, 2.05) is 0 Å². The average Bonchev–Trinajstić information content (AvgIpc) is 2.59. The van der Waals surface area contributed by atoms with E-state index >= 15 is 0 Å². The first-order chi connectivity index (χ1) is 9.52. The molecular formula is C13H17ClO6. The number of aliphatic hydroxyl groups excluding tert-OH is 4. The van der Waals surface area contributed by atoms with Crippen molar-refractivity contribution in [2.45, 2.75) is 30.7 Å². The van der Waals surface area contributed by atoms with E-state index in [-0.39, 0.29) is 6.61 Å². The fourth-order valence-electron chi connectivity index (χ4n) is 2.02. The van der Waals surface area contributed by atoms with Crippen molar-refractivity contribution in [2.24, 2.45) is 0 Å². The van der Waals surface area contributed by atoms with Crippen LogP contribution in [0.5, 0.6) is 0 Å². The van der Waals surface area contributed by atoms with Crippen LogP contribution in [0, 0.1) is 0 Å². The second-order valence-corrected chi connectivity index (χ2v) is 5.07. The topological polar surface area (TPSA) is 99.4 Å². The van der Waals surface area contributed by atoms with Gasteiger partial charge >= 0.3 is 0 Å². The van der Waals surface area contributed by atoms with Crippen LogP contribution in [0.4, 0.5) is 0 Å². The Labute approximate surface area is 121 Å². The number of ether oxygens (including phenoxy) is 2. The standard InChI is InChI=1S/C13H17ClO6/c14-8-3-1-2-7(4-8)13-19-6-10(17)11(18)12(20-13)9(16)5-15/h1-4,9-13,15-18H,5-6H2/t9-,10+,11-,12-,13?/m0/s1. The van der Waals surface area contributed by atoms with Gasteiger partial charge < -0.3 is 29.9 Å². The van der Waals surface area contributed by atoms with Gasteiger partial charge in [-0.05, 0) is 12.1 Å². The number of hydrogen-bond acceptors (Lipinski definition) is 6. The highest BCUT2D eigenvalue weighted by Crippen LogP contribution is 2.28. The van der Waals surface area contributed by atoms with E-state index in [4.69, 9.17) is 26.2 Å². The Morgan fingerprint density at radius 2 is 2.10 bits per heavy atom. The summed E-state index contributed by atoms with van der Waals surface area (Å²) in [5, 5.41) is 38.8. The molecule has 6 nitrogen and oxygen atoms in total. The van der Waals surface area contributed by atoms with Crippen LogP contribution >= 0.6 is 11.6 Å². The summed E-state index contributed by atoms with van der Waals surface area (Å²) in [6.07, 6.45) is -5.97. The monoisotopic (exact) mass is 304 g/mol. The second-order valence-electron chi connectivity index (χ2n) is 4.63. The molecule has 1 aliphatic heterocycles. The molecule has 0 amide bonds. The molecule has 0 radical (unpaired) electrons. The van der Waals surface area contributed by atoms with Crippen LogP contribution in [0.3, 0.4) is 0 Å². The summed E-state index contributed by atoms with van der Waals surface area (Å²) in [5.74, 6) is 0. The summed E-state index contributed by atoms with van der Waals surface area (Å²) in [6.45, 7) is -0.760. The van der Waals surface area contributed by atoms with Crippen molar-refractivity contribution in [3.63, 3.8) is 0 Å². The second kappa shape index (κ2) is 6.82. The molecule has 112 valence electrons. The maximum atomic E-state index is 9.89. The number of halogens is 1. The molecule has 7 heteroatoms. The Hall–Kier alpha value is -0.730. The molecule has 4 N–H and O–H groups in total. The number of rotatable bonds is 3. The fraction of sp³-hybridized carbons (Fsp3) is 0.538. The molecule has 1 fully saturated rings. The van der Waals surface area contributed by atoms with Gasteiger partial charge in [-0.1, -0.05) is 23.7 Å². The molecule has 0 saturated carbocycles. The van der Waals surface area contributed by atoms with Crippen LogP contribution in [-0.4, -0.2) is 58.1 Å². The molecular weight excluding hydrogens is 288 g/mol. The van der Waals surface area contributed by atoms with E-state index in [2.05, 4.69) is 0 Å². The summed E-state index contributed by atoms with van der Waals surface area (Å²) < 4.78 is 10.9. The van der Waals surface area contributed by atoms with Gasteiger partial charge in [-0.25, -0.2) is 0 Å². The van der Waals surface area contributed by atoms with Gasteiger partial charge in [0.15, 0.2) is 6.29 Å². The minimum atomic E-state index is -1.36. The highest BCUT2D eigenvalue weighted by molar-refractivity contribution is 6.30. The zero-order chi connectivity index (χ0) is 14.7. The smallest absolute Gasteiger partial charge is 0.184 e. The van der Waals surface area contributed by atoms with Crippen molar-refractivity contribution < 1.29 is 29.9 Å². The van der Waals surface area contributed by atoms with E-state index in [9.17, 15) is 15.3 Å². The van der Waals surface area contributed by atoms with Crippen LogP contribution in [0.15, 0.2) is 24.3 Å². The summed E-state index contributed by atoms with van der Waals surface area (Å²) in [5.41, 5.74) is 0.592. The molecule has 20 heavy (non-hydrogen) atoms. The Balaban J connectivity index is 2.22. The minimum absolute atomic E-state index is 0.160. The zero-order valence-electron chi connectivity index (χ0n) is 10.6. The number of aliphatic hydroxyl groups is 4. The number of hydrogen-bond donors (Lipinski definition) is 4. The van der Waals surface area contributed by atoms with Gasteiger partial charge in [0.2, 0.25) is 0 Å². The van der Waals surface area contributed by atoms with Gasteiger partial charge in [0.25, 0.3) is 0 Å². The lowest BCUT2D eigenvalue weighted by molar-refractivity contribution is -0.199. The lowest BCUT2D eigenvalue weighted by atomic mass is 10.0. The zero-order valence-corrected chi connectivity index (χ0v) is 11.3. The molecule has 2 rings (SSSR count). The SMILES string of the molecule is OC[C@H](O)[C@@H]1OC(c2cccc(Cl)c2)OC[C@@H](O)[C@@H]1O. The van der Waals surface area contributed by atoms with Crippen molar-refractivity contribution in [3.05, 3.63) is 34.9 Å². The highest BCUT2D eigenvalue weighted by atomic mass is 35.5.